The minimum Gasteiger partial charge on any atom is -0.459 e. The van der Waals surface area contributed by atoms with E-state index in [-0.39, 0.29) is 16.7 Å². The molecule has 4 atom stereocenters. The lowest BCUT2D eigenvalue weighted by Gasteiger charge is -2.25. The summed E-state index contributed by atoms with van der Waals surface area (Å²) in [6.45, 7) is -0.430. The number of nitrogens with zero attached hydrogens (tertiary/aromatic N) is 1. The van der Waals surface area contributed by atoms with Crippen LogP contribution in [0.25, 0.3) is 0 Å². The molecule has 0 saturated carbocycles. The van der Waals surface area contributed by atoms with E-state index in [4.69, 9.17) is 18.9 Å². The van der Waals surface area contributed by atoms with Crippen molar-refractivity contribution < 1.29 is 37.7 Å². The number of ether oxygens (including phenoxy) is 4. The first kappa shape index (κ1) is 27.5. The minimum atomic E-state index is -1.42. The lowest BCUT2D eigenvalue weighted by atomic mass is 10.1. The van der Waals surface area contributed by atoms with Gasteiger partial charge in [0.2, 0.25) is 0 Å². The Morgan fingerprint density at radius 2 is 1.17 bits per heavy atom. The Hall–Kier alpha value is -5.09. The van der Waals surface area contributed by atoms with Crippen LogP contribution in [0.5, 0.6) is 0 Å². The van der Waals surface area contributed by atoms with Crippen LogP contribution in [-0.2, 0) is 18.9 Å². The number of rotatable bonds is 8. The Labute approximate surface area is 233 Å². The van der Waals surface area contributed by atoms with Crippen molar-refractivity contribution in [2.24, 2.45) is 0 Å². The van der Waals surface area contributed by atoms with Crippen LogP contribution in [0.2, 0.25) is 0 Å². The quantitative estimate of drug-likeness (QED) is 0.234. The van der Waals surface area contributed by atoms with Crippen molar-refractivity contribution in [3.8, 4) is 0 Å². The van der Waals surface area contributed by atoms with Gasteiger partial charge in [0.05, 0.1) is 16.7 Å². The van der Waals surface area contributed by atoms with Crippen LogP contribution in [-0.4, -0.2) is 47.4 Å². The highest BCUT2D eigenvalue weighted by atomic mass is 19.1. The second-order valence-corrected chi connectivity index (χ2v) is 9.09. The summed E-state index contributed by atoms with van der Waals surface area (Å²) in [6.07, 6.45) is -4.48. The number of pyridine rings is 1. The first-order chi connectivity index (χ1) is 19.9. The highest BCUT2D eigenvalue weighted by molar-refractivity contribution is 5.91. The van der Waals surface area contributed by atoms with E-state index in [2.05, 4.69) is 0 Å². The van der Waals surface area contributed by atoms with E-state index in [1.807, 2.05) is 0 Å². The molecule has 2 heterocycles. The lowest BCUT2D eigenvalue weighted by molar-refractivity contribution is -0.0637. The van der Waals surface area contributed by atoms with Crippen LogP contribution in [0.1, 0.15) is 37.3 Å². The monoisotopic (exact) mass is 557 g/mol. The Morgan fingerprint density at radius 3 is 1.71 bits per heavy atom. The van der Waals surface area contributed by atoms with E-state index in [0.717, 1.165) is 22.9 Å². The van der Waals surface area contributed by atoms with E-state index in [9.17, 15) is 23.6 Å². The summed E-state index contributed by atoms with van der Waals surface area (Å²) in [6, 6.07) is 26.2. The zero-order valence-corrected chi connectivity index (χ0v) is 21.5. The van der Waals surface area contributed by atoms with Crippen molar-refractivity contribution in [2.75, 3.05) is 6.61 Å². The SMILES string of the molecule is O=C(OC[C@H]1O[C@@H](n2cc(F)ccc2=O)[C@H](OC(=O)c2ccccc2)[C@@H]1OC(=O)c1ccccc1)c1ccccc1. The summed E-state index contributed by atoms with van der Waals surface area (Å²) in [4.78, 5) is 51.7. The average molecular weight is 558 g/mol. The topological polar surface area (TPSA) is 110 Å². The number of hydrogen-bond donors (Lipinski definition) is 0. The van der Waals surface area contributed by atoms with E-state index in [1.54, 1.807) is 66.7 Å². The second kappa shape index (κ2) is 12.4. The van der Waals surface area contributed by atoms with Gasteiger partial charge in [0.1, 0.15) is 18.5 Å². The van der Waals surface area contributed by atoms with Gasteiger partial charge in [-0.25, -0.2) is 18.8 Å². The molecule has 1 aromatic heterocycles. The number of aromatic nitrogens is 1. The summed E-state index contributed by atoms with van der Waals surface area (Å²) >= 11 is 0. The van der Waals surface area contributed by atoms with Gasteiger partial charge in [-0.1, -0.05) is 54.6 Å². The lowest BCUT2D eigenvalue weighted by Crippen LogP contribution is -2.42. The van der Waals surface area contributed by atoms with Gasteiger partial charge in [-0.05, 0) is 42.5 Å². The second-order valence-electron chi connectivity index (χ2n) is 9.09. The predicted molar refractivity (Wildman–Crippen MR) is 143 cm³/mol. The Kier molecular flexibility index (Phi) is 8.31. The van der Waals surface area contributed by atoms with Gasteiger partial charge in [0.15, 0.2) is 18.4 Å². The maximum atomic E-state index is 14.2. The van der Waals surface area contributed by atoms with Crippen molar-refractivity contribution in [2.45, 2.75) is 24.5 Å². The summed E-state index contributed by atoms with van der Waals surface area (Å²) < 4.78 is 38.2. The molecule has 0 N–H and O–H groups in total. The van der Waals surface area contributed by atoms with Crippen molar-refractivity contribution in [3.63, 3.8) is 0 Å². The highest BCUT2D eigenvalue weighted by Crippen LogP contribution is 2.35. The predicted octanol–water partition coefficient (Wildman–Crippen LogP) is 4.19. The number of carbonyl (C=O) groups is 3. The molecule has 4 aromatic rings. The molecule has 0 aliphatic carbocycles. The molecule has 0 radical (unpaired) electrons. The van der Waals surface area contributed by atoms with Crippen molar-refractivity contribution in [1.29, 1.82) is 0 Å². The Balaban J connectivity index is 1.50. The fourth-order valence-electron chi connectivity index (χ4n) is 4.36. The van der Waals surface area contributed by atoms with Crippen LogP contribution in [0.15, 0.2) is 114 Å². The standard InChI is InChI=1S/C31H24FNO8/c32-23-16-17-25(34)33(18-23)28-27(41-31(37)22-14-8-3-9-15-22)26(40-30(36)21-12-6-2-7-13-21)24(39-28)19-38-29(35)20-10-4-1-5-11-20/h1-18,24,26-28H,19H2/t24-,26-,27-,28-/m1/s1. The molecule has 41 heavy (non-hydrogen) atoms. The molecular formula is C31H24FNO8. The highest BCUT2D eigenvalue weighted by Gasteiger charge is 2.51. The van der Waals surface area contributed by atoms with Crippen molar-refractivity contribution >= 4 is 17.9 Å². The van der Waals surface area contributed by atoms with Gasteiger partial charge < -0.3 is 18.9 Å². The third kappa shape index (κ3) is 6.39. The third-order valence-electron chi connectivity index (χ3n) is 6.36. The molecule has 10 heteroatoms. The van der Waals surface area contributed by atoms with Crippen LogP contribution in [0.4, 0.5) is 4.39 Å². The molecule has 0 amide bonds. The van der Waals surface area contributed by atoms with Gasteiger partial charge in [-0.3, -0.25) is 9.36 Å². The molecule has 1 aliphatic heterocycles. The zero-order valence-electron chi connectivity index (χ0n) is 21.5. The summed E-state index contributed by atoms with van der Waals surface area (Å²) in [5.74, 6) is -2.99. The Morgan fingerprint density at radius 1 is 0.683 bits per heavy atom. The summed E-state index contributed by atoms with van der Waals surface area (Å²) in [5.41, 5.74) is -0.00234. The number of esters is 3. The summed E-state index contributed by atoms with van der Waals surface area (Å²) in [7, 11) is 0. The molecule has 0 bridgehead atoms. The largest absolute Gasteiger partial charge is 0.459 e. The average Bonchev–Trinajstić information content (AvgIpc) is 3.34. The van der Waals surface area contributed by atoms with Crippen LogP contribution in [0, 0.1) is 5.82 Å². The molecule has 9 nitrogen and oxygen atoms in total. The molecule has 208 valence electrons. The molecule has 0 spiro atoms. The fraction of sp³-hybridized carbons (Fsp3) is 0.161. The molecule has 5 rings (SSSR count). The molecule has 0 unspecified atom stereocenters. The summed E-state index contributed by atoms with van der Waals surface area (Å²) in [5, 5.41) is 0. The maximum Gasteiger partial charge on any atom is 0.338 e. The van der Waals surface area contributed by atoms with E-state index in [0.29, 0.717) is 0 Å². The number of carbonyl (C=O) groups excluding carboxylic acids is 3. The van der Waals surface area contributed by atoms with Crippen molar-refractivity contribution in [1.82, 2.24) is 4.57 Å². The Bertz CT molecular complexity index is 1580. The van der Waals surface area contributed by atoms with Crippen molar-refractivity contribution in [3.05, 3.63) is 142 Å². The van der Waals surface area contributed by atoms with Gasteiger partial charge in [0.25, 0.3) is 5.56 Å². The first-order valence-electron chi connectivity index (χ1n) is 12.7. The van der Waals surface area contributed by atoms with Gasteiger partial charge >= 0.3 is 17.9 Å². The maximum absolute atomic E-state index is 14.2. The van der Waals surface area contributed by atoms with Gasteiger partial charge in [0, 0.05) is 12.3 Å². The van der Waals surface area contributed by atoms with E-state index < -0.39 is 60.4 Å². The van der Waals surface area contributed by atoms with Crippen LogP contribution < -0.4 is 5.56 Å². The number of benzene rings is 3. The molecule has 3 aromatic carbocycles. The minimum absolute atomic E-state index is 0.185. The normalized spacial score (nSPS) is 19.7. The molecule has 1 saturated heterocycles. The van der Waals surface area contributed by atoms with Gasteiger partial charge in [-0.2, -0.15) is 0 Å². The van der Waals surface area contributed by atoms with E-state index >= 15 is 0 Å². The van der Waals surface area contributed by atoms with Crippen LogP contribution >= 0.6 is 0 Å². The molecule has 1 fully saturated rings. The molecular weight excluding hydrogens is 533 g/mol. The van der Waals surface area contributed by atoms with E-state index in [1.165, 1.54) is 24.3 Å². The van der Waals surface area contributed by atoms with Gasteiger partial charge in [-0.15, -0.1) is 0 Å². The molecule has 1 aliphatic rings. The smallest absolute Gasteiger partial charge is 0.338 e. The number of halogens is 1. The first-order valence-corrected chi connectivity index (χ1v) is 12.7. The zero-order chi connectivity index (χ0) is 28.8. The fourth-order valence-corrected chi connectivity index (χ4v) is 4.36. The third-order valence-corrected chi connectivity index (χ3v) is 6.36. The van der Waals surface area contributed by atoms with Crippen LogP contribution in [0.3, 0.4) is 0 Å². The number of hydrogen-bond acceptors (Lipinski definition) is 8.